The van der Waals surface area contributed by atoms with Gasteiger partial charge in [0.1, 0.15) is 0 Å². The van der Waals surface area contributed by atoms with Gasteiger partial charge >= 0.3 is 0 Å². The number of hydrogen-bond acceptors (Lipinski definition) is 4. The number of aryl methyl sites for hydroxylation is 2. The van der Waals surface area contributed by atoms with Gasteiger partial charge in [0.25, 0.3) is 0 Å². The van der Waals surface area contributed by atoms with Crippen LogP contribution in [0.4, 0.5) is 5.69 Å². The number of piperazine rings is 1. The Kier molecular flexibility index (Phi) is 10.2. The van der Waals surface area contributed by atoms with E-state index >= 15 is 0 Å². The Morgan fingerprint density at radius 1 is 0.846 bits per heavy atom. The summed E-state index contributed by atoms with van der Waals surface area (Å²) in [7, 11) is 0. The quantitative estimate of drug-likeness (QED) is 0.151. The van der Waals surface area contributed by atoms with Crippen molar-refractivity contribution in [3.63, 3.8) is 0 Å². The van der Waals surface area contributed by atoms with Crippen molar-refractivity contribution in [1.82, 2.24) is 9.80 Å². The SMILES string of the molecule is C=N/N=N\N(C[C@@H](c1ccc(C(C)C)cc1)N1CCN(C/C=C/c2ccccc2)CC1)c1c(C)cccc1C. The minimum atomic E-state index is 0.163. The van der Waals surface area contributed by atoms with Gasteiger partial charge in [-0.1, -0.05) is 98.8 Å². The molecule has 3 aromatic rings. The van der Waals surface area contributed by atoms with E-state index in [2.05, 4.69) is 145 Å². The topological polar surface area (TPSA) is 46.8 Å². The van der Waals surface area contributed by atoms with Crippen LogP contribution in [0.5, 0.6) is 0 Å². The molecule has 39 heavy (non-hydrogen) atoms. The molecule has 0 N–H and O–H groups in total. The van der Waals surface area contributed by atoms with Crippen LogP contribution in [0.25, 0.3) is 6.08 Å². The zero-order valence-electron chi connectivity index (χ0n) is 23.9. The second-order valence-electron chi connectivity index (χ2n) is 10.6. The molecule has 3 aromatic carbocycles. The van der Waals surface area contributed by atoms with Crippen LogP contribution in [0.3, 0.4) is 0 Å². The fourth-order valence-corrected chi connectivity index (χ4v) is 5.32. The number of anilines is 1. The Balaban J connectivity index is 1.54. The summed E-state index contributed by atoms with van der Waals surface area (Å²) in [5.41, 5.74) is 7.32. The van der Waals surface area contributed by atoms with Crippen LogP contribution in [0, 0.1) is 13.8 Å². The normalized spacial score (nSPS) is 15.8. The molecule has 1 aliphatic rings. The Hall–Kier alpha value is -3.61. The lowest BCUT2D eigenvalue weighted by molar-refractivity contribution is 0.105. The summed E-state index contributed by atoms with van der Waals surface area (Å²) in [5, 5.41) is 14.2. The molecular formula is C33H42N6. The molecule has 0 aromatic heterocycles. The maximum atomic E-state index is 4.51. The second-order valence-corrected chi connectivity index (χ2v) is 10.6. The van der Waals surface area contributed by atoms with Gasteiger partial charge in [0, 0.05) is 39.4 Å². The number of rotatable bonds is 11. The maximum absolute atomic E-state index is 4.51. The third-order valence-corrected chi connectivity index (χ3v) is 7.56. The van der Waals surface area contributed by atoms with Crippen LogP contribution in [0.2, 0.25) is 0 Å². The largest absolute Gasteiger partial charge is 0.297 e. The molecule has 0 unspecified atom stereocenters. The van der Waals surface area contributed by atoms with Crippen molar-refractivity contribution in [2.45, 2.75) is 39.7 Å². The zero-order valence-corrected chi connectivity index (χ0v) is 23.9. The minimum absolute atomic E-state index is 0.163. The summed E-state index contributed by atoms with van der Waals surface area (Å²) in [4.78, 5) is 5.12. The van der Waals surface area contributed by atoms with E-state index in [0.717, 1.165) is 38.4 Å². The highest BCUT2D eigenvalue weighted by molar-refractivity contribution is 5.58. The predicted octanol–water partition coefficient (Wildman–Crippen LogP) is 7.29. The average Bonchev–Trinajstić information content (AvgIpc) is 2.95. The number of para-hydroxylation sites is 1. The van der Waals surface area contributed by atoms with E-state index in [0.29, 0.717) is 12.5 Å². The van der Waals surface area contributed by atoms with Gasteiger partial charge in [-0.05, 0) is 58.0 Å². The van der Waals surface area contributed by atoms with Gasteiger partial charge in [-0.3, -0.25) is 9.80 Å². The molecule has 0 spiro atoms. The fourth-order valence-electron chi connectivity index (χ4n) is 5.32. The van der Waals surface area contributed by atoms with Crippen LogP contribution >= 0.6 is 0 Å². The van der Waals surface area contributed by atoms with E-state index in [-0.39, 0.29) is 6.04 Å². The monoisotopic (exact) mass is 522 g/mol. The maximum Gasteiger partial charge on any atom is 0.0670 e. The molecule has 1 atom stereocenters. The third-order valence-electron chi connectivity index (χ3n) is 7.56. The van der Waals surface area contributed by atoms with E-state index < -0.39 is 0 Å². The number of nitrogens with zero attached hydrogens (tertiary/aromatic N) is 6. The van der Waals surface area contributed by atoms with Crippen molar-refractivity contribution < 1.29 is 0 Å². The van der Waals surface area contributed by atoms with Crippen molar-refractivity contribution in [2.75, 3.05) is 44.3 Å². The van der Waals surface area contributed by atoms with Gasteiger partial charge in [0.15, 0.2) is 0 Å². The predicted molar refractivity (Wildman–Crippen MR) is 164 cm³/mol. The first-order valence-electron chi connectivity index (χ1n) is 13.9. The lowest BCUT2D eigenvalue weighted by Gasteiger charge is -2.40. The van der Waals surface area contributed by atoms with Crippen LogP contribution in [0.15, 0.2) is 94.4 Å². The minimum Gasteiger partial charge on any atom is -0.297 e. The molecule has 1 fully saturated rings. The van der Waals surface area contributed by atoms with Crippen molar-refractivity contribution in [1.29, 1.82) is 0 Å². The van der Waals surface area contributed by atoms with Crippen molar-refractivity contribution in [3.8, 4) is 0 Å². The second kappa shape index (κ2) is 14.0. The molecule has 4 rings (SSSR count). The van der Waals surface area contributed by atoms with Gasteiger partial charge in [-0.15, -0.1) is 5.10 Å². The molecule has 1 aliphatic heterocycles. The highest BCUT2D eigenvalue weighted by atomic mass is 15.6. The van der Waals surface area contributed by atoms with Crippen molar-refractivity contribution in [3.05, 3.63) is 107 Å². The van der Waals surface area contributed by atoms with E-state index in [1.807, 2.05) is 5.01 Å². The van der Waals surface area contributed by atoms with Gasteiger partial charge in [0.05, 0.1) is 18.3 Å². The summed E-state index contributed by atoms with van der Waals surface area (Å²) in [5.74, 6) is 0.503. The smallest absolute Gasteiger partial charge is 0.0670 e. The molecule has 0 saturated carbocycles. The third kappa shape index (κ3) is 7.71. The first-order chi connectivity index (χ1) is 19.0. The van der Waals surface area contributed by atoms with E-state index in [1.165, 1.54) is 27.8 Å². The molecule has 0 bridgehead atoms. The summed E-state index contributed by atoms with van der Waals surface area (Å²) in [6, 6.07) is 26.1. The van der Waals surface area contributed by atoms with E-state index in [9.17, 15) is 0 Å². The molecule has 6 nitrogen and oxygen atoms in total. The highest BCUT2D eigenvalue weighted by Crippen LogP contribution is 2.31. The fraction of sp³-hybridized carbons (Fsp3) is 0.364. The molecule has 0 aliphatic carbocycles. The van der Waals surface area contributed by atoms with E-state index in [4.69, 9.17) is 0 Å². The Morgan fingerprint density at radius 3 is 2.10 bits per heavy atom. The number of hydrogen-bond donors (Lipinski definition) is 0. The van der Waals surface area contributed by atoms with Crippen LogP contribution < -0.4 is 5.01 Å². The lowest BCUT2D eigenvalue weighted by atomic mass is 9.97. The molecule has 1 heterocycles. The van der Waals surface area contributed by atoms with Crippen molar-refractivity contribution in [2.24, 2.45) is 15.5 Å². The Morgan fingerprint density at radius 2 is 1.49 bits per heavy atom. The first-order valence-corrected chi connectivity index (χ1v) is 13.9. The van der Waals surface area contributed by atoms with Crippen LogP contribution in [-0.2, 0) is 0 Å². The molecule has 0 radical (unpaired) electrons. The Labute approximate surface area is 234 Å². The molecular weight excluding hydrogens is 480 g/mol. The zero-order chi connectivity index (χ0) is 27.6. The van der Waals surface area contributed by atoms with Gasteiger partial charge in [-0.25, -0.2) is 5.01 Å². The van der Waals surface area contributed by atoms with Crippen LogP contribution in [-0.4, -0.2) is 55.8 Å². The summed E-state index contributed by atoms with van der Waals surface area (Å²) < 4.78 is 0. The van der Waals surface area contributed by atoms with Crippen LogP contribution in [0.1, 0.15) is 53.6 Å². The molecule has 0 amide bonds. The summed E-state index contributed by atoms with van der Waals surface area (Å²) >= 11 is 0. The number of benzene rings is 3. The van der Waals surface area contributed by atoms with E-state index in [1.54, 1.807) is 0 Å². The first kappa shape index (κ1) is 28.4. The van der Waals surface area contributed by atoms with Gasteiger partial charge in [-0.2, -0.15) is 0 Å². The highest BCUT2D eigenvalue weighted by Gasteiger charge is 2.28. The molecule has 6 heteroatoms. The average molecular weight is 523 g/mol. The molecule has 204 valence electrons. The Bertz CT molecular complexity index is 1220. The van der Waals surface area contributed by atoms with Crippen molar-refractivity contribution >= 4 is 18.5 Å². The van der Waals surface area contributed by atoms with Gasteiger partial charge in [0.2, 0.25) is 0 Å². The standard InChI is InChI=1S/C33H42N6/c1-26(2)30-16-18-31(19-17-30)32(25-39(36-35-34-5)33-27(3)11-9-12-28(33)4)38-23-21-37(22-24-38)20-10-15-29-13-7-6-8-14-29/h6-19,26,32H,5,20-25H2,1-4H3/b15-10+,36-35-/t32-/m0/s1. The lowest BCUT2D eigenvalue weighted by Crippen LogP contribution is -2.49. The molecule has 1 saturated heterocycles. The van der Waals surface area contributed by atoms with Gasteiger partial charge < -0.3 is 0 Å². The summed E-state index contributed by atoms with van der Waals surface area (Å²) in [6.07, 6.45) is 4.49. The summed E-state index contributed by atoms with van der Waals surface area (Å²) in [6.45, 7) is 17.9.